The maximum absolute atomic E-state index is 2.42. The summed E-state index contributed by atoms with van der Waals surface area (Å²) in [5, 5.41) is 5.11. The normalized spacial score (nSPS) is 12.5. The molecule has 0 fully saturated rings. The van der Waals surface area contributed by atoms with Gasteiger partial charge < -0.3 is 26.4 Å². The zero-order valence-electron chi connectivity index (χ0n) is 26.4. The van der Waals surface area contributed by atoms with Crippen LogP contribution in [0.25, 0.3) is 38.5 Å². The zero-order chi connectivity index (χ0) is 30.5. The molecule has 46 heavy (non-hydrogen) atoms. The molecule has 0 aliphatic carbocycles. The molecule has 7 aromatic rings. The maximum Gasteiger partial charge on any atom is 0.213 e. The number of aromatic nitrogens is 1. The molecule has 0 saturated carbocycles. The molecule has 0 atom stereocenters. The van der Waals surface area contributed by atoms with Crippen LogP contribution in [0.4, 0.5) is 17.1 Å². The van der Waals surface area contributed by atoms with E-state index in [2.05, 4.69) is 174 Å². The summed E-state index contributed by atoms with van der Waals surface area (Å²) in [6.07, 6.45) is 0. The average molecular weight is 663 g/mol. The van der Waals surface area contributed by atoms with Crippen molar-refractivity contribution in [2.24, 2.45) is 0 Å². The third-order valence-corrected chi connectivity index (χ3v) is 9.44. The van der Waals surface area contributed by atoms with Gasteiger partial charge in [0.15, 0.2) is 0 Å². The number of fused-ring (bicyclic) bond motifs is 6. The van der Waals surface area contributed by atoms with Crippen LogP contribution in [-0.2, 0) is 6.54 Å². The molecule has 4 heteroatoms. The highest BCUT2D eigenvalue weighted by atomic mass is 79.9. The second-order valence-corrected chi connectivity index (χ2v) is 11.8. The van der Waals surface area contributed by atoms with Crippen LogP contribution < -0.4 is 37.0 Å². The van der Waals surface area contributed by atoms with Crippen LogP contribution in [0.15, 0.2) is 140 Å². The Morgan fingerprint density at radius 1 is 0.609 bits per heavy atom. The Morgan fingerprint density at radius 3 is 2.07 bits per heavy atom. The highest BCUT2D eigenvalue weighted by Gasteiger charge is 2.26. The van der Waals surface area contributed by atoms with Crippen molar-refractivity contribution in [3.63, 3.8) is 0 Å². The summed E-state index contributed by atoms with van der Waals surface area (Å²) in [7, 11) is 2.13. The van der Waals surface area contributed by atoms with E-state index >= 15 is 0 Å². The number of para-hydroxylation sites is 3. The summed E-state index contributed by atoms with van der Waals surface area (Å²) in [6, 6.07) is 51.2. The number of rotatable bonds is 6. The number of halogens is 1. The van der Waals surface area contributed by atoms with Crippen molar-refractivity contribution in [3.05, 3.63) is 161 Å². The van der Waals surface area contributed by atoms with Gasteiger partial charge in [-0.05, 0) is 96.4 Å². The van der Waals surface area contributed by atoms with Gasteiger partial charge >= 0.3 is 0 Å². The fraction of sp³-hybridized carbons (Fsp3) is 0.119. The number of hydrogen-bond acceptors (Lipinski definition) is 1. The first-order chi connectivity index (χ1) is 22.2. The van der Waals surface area contributed by atoms with Crippen molar-refractivity contribution in [1.82, 2.24) is 9.14 Å². The summed E-state index contributed by atoms with van der Waals surface area (Å²) in [5.74, 6) is 0. The molecule has 1 aliphatic rings. The molecule has 3 nitrogen and oxygen atoms in total. The van der Waals surface area contributed by atoms with Crippen molar-refractivity contribution >= 4 is 44.4 Å². The van der Waals surface area contributed by atoms with Crippen LogP contribution in [0.3, 0.4) is 0 Å². The van der Waals surface area contributed by atoms with E-state index in [-0.39, 0.29) is 17.0 Å². The summed E-state index contributed by atoms with van der Waals surface area (Å²) in [5.41, 5.74) is 12.5. The number of hydrogen-bond donors (Lipinski definition) is 0. The largest absolute Gasteiger partial charge is 1.00 e. The lowest BCUT2D eigenvalue weighted by Gasteiger charge is -2.20. The molecular formula is C42H36BrN3. The smallest absolute Gasteiger partial charge is 0.213 e. The van der Waals surface area contributed by atoms with Crippen molar-refractivity contribution in [2.45, 2.75) is 20.4 Å². The third-order valence-electron chi connectivity index (χ3n) is 9.44. The van der Waals surface area contributed by atoms with Crippen LogP contribution in [0, 0.1) is 0 Å². The standard InChI is InChI=1S/C42H36N3.BrH/c1-4-44-38-17-11-9-15-34(38)36-27-30(21-25-40(36)44)42(29-19-23-33(24-20-29)43(3)32-13-7-6-8-14-32)31-22-26-41-37(28-31)35-16-10-12-18-39(35)45(41)5-2;/h6-28H,4-5H2,1-3H3;1H/q+1;/p-1. The lowest BCUT2D eigenvalue weighted by Crippen LogP contribution is -3.00. The van der Waals surface area contributed by atoms with Crippen LogP contribution in [-0.4, -0.2) is 18.2 Å². The molecule has 0 N–H and O–H groups in total. The van der Waals surface area contributed by atoms with Gasteiger partial charge in [0.2, 0.25) is 11.0 Å². The minimum Gasteiger partial charge on any atom is -1.00 e. The van der Waals surface area contributed by atoms with Gasteiger partial charge in [0.1, 0.15) is 6.54 Å². The predicted octanol–water partition coefficient (Wildman–Crippen LogP) is 5.66. The molecule has 1 aromatic heterocycles. The van der Waals surface area contributed by atoms with E-state index in [4.69, 9.17) is 0 Å². The van der Waals surface area contributed by atoms with E-state index in [0.29, 0.717) is 0 Å². The molecule has 0 spiro atoms. The molecule has 0 unspecified atom stereocenters. The Hall–Kier alpha value is -4.93. The molecule has 2 heterocycles. The molecule has 0 saturated heterocycles. The summed E-state index contributed by atoms with van der Waals surface area (Å²) >= 11 is 0. The topological polar surface area (TPSA) is 11.2 Å². The quantitative estimate of drug-likeness (QED) is 0.210. The minimum absolute atomic E-state index is 0. The van der Waals surface area contributed by atoms with Crippen LogP contribution >= 0.6 is 0 Å². The van der Waals surface area contributed by atoms with Gasteiger partial charge in [-0.2, -0.15) is 4.58 Å². The maximum atomic E-state index is 2.42. The number of nitrogens with zero attached hydrogens (tertiary/aromatic N) is 3. The fourth-order valence-corrected chi connectivity index (χ4v) is 7.25. The van der Waals surface area contributed by atoms with Gasteiger partial charge in [-0.15, -0.1) is 0 Å². The van der Waals surface area contributed by atoms with E-state index in [1.54, 1.807) is 0 Å². The molecule has 0 radical (unpaired) electrons. The highest BCUT2D eigenvalue weighted by Crippen LogP contribution is 2.34. The molecule has 0 amide bonds. The van der Waals surface area contributed by atoms with E-state index in [1.807, 2.05) is 0 Å². The van der Waals surface area contributed by atoms with E-state index in [1.165, 1.54) is 71.6 Å². The van der Waals surface area contributed by atoms with Crippen LogP contribution in [0.1, 0.15) is 25.0 Å². The molecule has 226 valence electrons. The molecule has 0 bridgehead atoms. The van der Waals surface area contributed by atoms with Crippen molar-refractivity contribution < 1.29 is 17.0 Å². The Kier molecular flexibility index (Phi) is 7.84. The Balaban J connectivity index is 0.00000338. The van der Waals surface area contributed by atoms with Gasteiger partial charge in [-0.25, -0.2) is 0 Å². The monoisotopic (exact) mass is 661 g/mol. The van der Waals surface area contributed by atoms with Crippen molar-refractivity contribution in [2.75, 3.05) is 18.5 Å². The predicted molar refractivity (Wildman–Crippen MR) is 190 cm³/mol. The van der Waals surface area contributed by atoms with Crippen LogP contribution in [0.5, 0.6) is 0 Å². The van der Waals surface area contributed by atoms with Gasteiger partial charge in [-0.1, -0.05) is 66.7 Å². The second kappa shape index (κ2) is 12.1. The lowest BCUT2D eigenvalue weighted by atomic mass is 9.92. The summed E-state index contributed by atoms with van der Waals surface area (Å²) in [6.45, 7) is 6.34. The first kappa shape index (κ1) is 29.8. The SMILES string of the molecule is CCn1c2ccccc2c2cc(C(c3ccc(N(C)c4ccccc4)cc3)=c3ccc4c(c3)-c3ccccc3[N+]=4CC)ccc21.[Br-]. The Morgan fingerprint density at radius 2 is 1.28 bits per heavy atom. The second-order valence-electron chi connectivity index (χ2n) is 11.8. The third kappa shape index (κ3) is 4.76. The lowest BCUT2D eigenvalue weighted by molar-refractivity contribution is -0.00000871. The molecule has 8 rings (SSSR count). The van der Waals surface area contributed by atoms with Gasteiger partial charge in [-0.3, -0.25) is 0 Å². The van der Waals surface area contributed by atoms with Crippen LogP contribution in [0.2, 0.25) is 0 Å². The fourth-order valence-electron chi connectivity index (χ4n) is 7.25. The van der Waals surface area contributed by atoms with E-state index in [9.17, 15) is 0 Å². The van der Waals surface area contributed by atoms with Gasteiger partial charge in [0.25, 0.3) is 0 Å². The van der Waals surface area contributed by atoms with E-state index < -0.39 is 0 Å². The highest BCUT2D eigenvalue weighted by molar-refractivity contribution is 6.09. The first-order valence-corrected chi connectivity index (χ1v) is 15.9. The van der Waals surface area contributed by atoms with Gasteiger partial charge in [0, 0.05) is 58.9 Å². The van der Waals surface area contributed by atoms with Gasteiger partial charge in [0.05, 0.1) is 11.1 Å². The van der Waals surface area contributed by atoms with Crippen molar-refractivity contribution in [3.8, 4) is 11.1 Å². The Bertz CT molecular complexity index is 2350. The molecular weight excluding hydrogens is 626 g/mol. The van der Waals surface area contributed by atoms with Crippen molar-refractivity contribution in [1.29, 1.82) is 0 Å². The average Bonchev–Trinajstić information content (AvgIpc) is 3.60. The zero-order valence-corrected chi connectivity index (χ0v) is 28.0. The number of aryl methyl sites for hydroxylation is 1. The minimum atomic E-state index is 0. The number of anilines is 2. The number of benzene rings is 6. The first-order valence-electron chi connectivity index (χ1n) is 15.9. The molecule has 1 aliphatic heterocycles. The summed E-state index contributed by atoms with van der Waals surface area (Å²) < 4.78 is 4.85. The Labute approximate surface area is 280 Å². The molecule has 6 aromatic carbocycles. The van der Waals surface area contributed by atoms with E-state index in [0.717, 1.165) is 18.8 Å². The summed E-state index contributed by atoms with van der Waals surface area (Å²) in [4.78, 5) is 2.24.